The Kier molecular flexibility index (Phi) is 5.95. The van der Waals surface area contributed by atoms with Gasteiger partial charge < -0.3 is 9.26 Å². The summed E-state index contributed by atoms with van der Waals surface area (Å²) in [6.45, 7) is 5.56. The lowest BCUT2D eigenvalue weighted by atomic mass is 10.2. The maximum absolute atomic E-state index is 13.9. The van der Waals surface area contributed by atoms with E-state index in [1.807, 2.05) is 0 Å². The van der Waals surface area contributed by atoms with Gasteiger partial charge in [0, 0.05) is 37.7 Å². The number of carbonyl (C=O) groups is 1. The first-order valence-corrected chi connectivity index (χ1v) is 8.31. The highest BCUT2D eigenvalue weighted by molar-refractivity contribution is 6.30. The molecule has 0 amide bonds. The number of nitrogens with zero attached hydrogens (tertiary/aromatic N) is 4. The monoisotopic (exact) mass is 368 g/mol. The van der Waals surface area contributed by atoms with Gasteiger partial charge in [-0.25, -0.2) is 4.39 Å². The molecule has 7 nitrogen and oxygen atoms in total. The van der Waals surface area contributed by atoms with Crippen LogP contribution in [-0.2, 0) is 16.1 Å². The molecule has 134 valence electrons. The van der Waals surface area contributed by atoms with Crippen molar-refractivity contribution in [2.45, 2.75) is 6.54 Å². The summed E-state index contributed by atoms with van der Waals surface area (Å²) in [6, 6.07) is 4.21. The highest BCUT2D eigenvalue weighted by Gasteiger charge is 2.20. The molecule has 0 saturated carbocycles. The van der Waals surface area contributed by atoms with E-state index in [9.17, 15) is 9.18 Å². The second kappa shape index (κ2) is 8.37. The average Bonchev–Trinajstić information content (AvgIpc) is 3.07. The van der Waals surface area contributed by atoms with Crippen molar-refractivity contribution in [3.05, 3.63) is 34.9 Å². The highest BCUT2D eigenvalue weighted by atomic mass is 35.5. The van der Waals surface area contributed by atoms with Gasteiger partial charge in [-0.05, 0) is 18.2 Å². The zero-order valence-electron chi connectivity index (χ0n) is 13.5. The molecule has 2 aromatic rings. The van der Waals surface area contributed by atoms with E-state index in [1.54, 1.807) is 0 Å². The Morgan fingerprint density at radius 1 is 1.28 bits per heavy atom. The number of rotatable bonds is 7. The van der Waals surface area contributed by atoms with Crippen molar-refractivity contribution in [2.75, 3.05) is 39.3 Å². The Labute approximate surface area is 149 Å². The molecule has 0 N–H and O–H groups in total. The van der Waals surface area contributed by atoms with Crippen LogP contribution in [0.5, 0.6) is 0 Å². The van der Waals surface area contributed by atoms with Gasteiger partial charge in [-0.2, -0.15) is 4.98 Å². The maximum Gasteiger partial charge on any atom is 0.293 e. The van der Waals surface area contributed by atoms with E-state index in [4.69, 9.17) is 20.9 Å². The molecule has 0 radical (unpaired) electrons. The number of hydrogen-bond donors (Lipinski definition) is 0. The van der Waals surface area contributed by atoms with Crippen LogP contribution in [0, 0.1) is 5.82 Å². The van der Waals surface area contributed by atoms with Crippen molar-refractivity contribution in [3.8, 4) is 11.5 Å². The second-order valence-corrected chi connectivity index (χ2v) is 6.16. The Morgan fingerprint density at radius 2 is 2.04 bits per heavy atom. The molecule has 1 aromatic carbocycles. The van der Waals surface area contributed by atoms with Crippen LogP contribution in [0.2, 0.25) is 5.02 Å². The van der Waals surface area contributed by atoms with Gasteiger partial charge in [-0.1, -0.05) is 16.8 Å². The molecule has 0 unspecified atom stereocenters. The predicted octanol–water partition coefficient (Wildman–Crippen LogP) is 1.82. The van der Waals surface area contributed by atoms with Gasteiger partial charge in [-0.15, -0.1) is 0 Å². The van der Waals surface area contributed by atoms with Crippen LogP contribution in [0.25, 0.3) is 11.5 Å². The van der Waals surface area contributed by atoms with Crippen LogP contribution < -0.4 is 0 Å². The lowest BCUT2D eigenvalue weighted by molar-refractivity contribution is -0.129. The zero-order chi connectivity index (χ0) is 17.6. The van der Waals surface area contributed by atoms with E-state index in [2.05, 4.69) is 19.9 Å². The van der Waals surface area contributed by atoms with Gasteiger partial charge in [-0.3, -0.25) is 14.6 Å². The average molecular weight is 369 g/mol. The summed E-state index contributed by atoms with van der Waals surface area (Å²) in [5.41, 5.74) is 0.200. The van der Waals surface area contributed by atoms with Gasteiger partial charge >= 0.3 is 0 Å². The second-order valence-electron chi connectivity index (χ2n) is 5.72. The Hall–Kier alpha value is -2.03. The number of ether oxygens (including phenoxy) is 1. The van der Waals surface area contributed by atoms with Crippen LogP contribution in [0.3, 0.4) is 0 Å². The first-order chi connectivity index (χ1) is 12.2. The number of aromatic nitrogens is 2. The number of benzene rings is 1. The summed E-state index contributed by atoms with van der Waals surface area (Å²) in [7, 11) is 0. The fourth-order valence-corrected chi connectivity index (χ4v) is 2.86. The van der Waals surface area contributed by atoms with Gasteiger partial charge in [0.1, 0.15) is 12.4 Å². The summed E-state index contributed by atoms with van der Waals surface area (Å²) >= 11 is 5.89. The third-order valence-electron chi connectivity index (χ3n) is 4.05. The van der Waals surface area contributed by atoms with Crippen molar-refractivity contribution in [1.82, 2.24) is 19.9 Å². The van der Waals surface area contributed by atoms with Crippen molar-refractivity contribution in [3.63, 3.8) is 0 Å². The Balaban J connectivity index is 1.54. The molecule has 0 atom stereocenters. The van der Waals surface area contributed by atoms with E-state index in [1.165, 1.54) is 18.2 Å². The van der Waals surface area contributed by atoms with Crippen LogP contribution in [-0.4, -0.2) is 65.7 Å². The van der Waals surface area contributed by atoms with E-state index in [-0.39, 0.29) is 11.5 Å². The van der Waals surface area contributed by atoms with Crippen molar-refractivity contribution in [2.24, 2.45) is 0 Å². The van der Waals surface area contributed by atoms with E-state index >= 15 is 0 Å². The maximum atomic E-state index is 13.9. The summed E-state index contributed by atoms with van der Waals surface area (Å²) < 4.78 is 23.7. The molecule has 1 aliphatic heterocycles. The minimum Gasteiger partial charge on any atom is -0.467 e. The molecule has 0 aliphatic carbocycles. The van der Waals surface area contributed by atoms with Crippen LogP contribution in [0.1, 0.15) is 5.82 Å². The Bertz CT molecular complexity index is 719. The first-order valence-electron chi connectivity index (χ1n) is 7.93. The predicted molar refractivity (Wildman–Crippen MR) is 88.4 cm³/mol. The summed E-state index contributed by atoms with van der Waals surface area (Å²) in [4.78, 5) is 18.8. The Morgan fingerprint density at radius 3 is 2.80 bits per heavy atom. The molecule has 1 aromatic heterocycles. The molecule has 1 saturated heterocycles. The summed E-state index contributed by atoms with van der Waals surface area (Å²) in [5, 5.41) is 4.34. The topological polar surface area (TPSA) is 71.7 Å². The van der Waals surface area contributed by atoms with Gasteiger partial charge in [0.05, 0.1) is 12.1 Å². The summed E-state index contributed by atoms with van der Waals surface area (Å²) in [5.74, 6) is 0.178. The molecule has 1 aliphatic rings. The third kappa shape index (κ3) is 4.75. The van der Waals surface area contributed by atoms with E-state index in [0.29, 0.717) is 30.5 Å². The van der Waals surface area contributed by atoms with Gasteiger partial charge in [0.15, 0.2) is 5.82 Å². The lowest BCUT2D eigenvalue weighted by Crippen LogP contribution is -2.46. The highest BCUT2D eigenvalue weighted by Crippen LogP contribution is 2.24. The quantitative estimate of drug-likeness (QED) is 0.545. The number of piperazine rings is 1. The minimum absolute atomic E-state index is 0.125. The molecule has 0 bridgehead atoms. The fourth-order valence-electron chi connectivity index (χ4n) is 2.69. The SMILES string of the molecule is O=COCCN1CCN(Cc2noc(-c3cc(Cl)ccc3F)n2)CC1. The van der Waals surface area contributed by atoms with Gasteiger partial charge in [0.2, 0.25) is 0 Å². The lowest BCUT2D eigenvalue weighted by Gasteiger charge is -2.33. The fraction of sp³-hybridized carbons (Fsp3) is 0.438. The van der Waals surface area contributed by atoms with Crippen LogP contribution in [0.15, 0.2) is 22.7 Å². The smallest absolute Gasteiger partial charge is 0.293 e. The molecule has 0 spiro atoms. The van der Waals surface area contributed by atoms with Crippen molar-refractivity contribution >= 4 is 18.1 Å². The molecule has 9 heteroatoms. The number of carbonyl (C=O) groups excluding carboxylic acids is 1. The number of hydrogen-bond acceptors (Lipinski definition) is 7. The van der Waals surface area contributed by atoms with Crippen LogP contribution >= 0.6 is 11.6 Å². The van der Waals surface area contributed by atoms with E-state index < -0.39 is 5.82 Å². The van der Waals surface area contributed by atoms with Crippen molar-refractivity contribution < 1.29 is 18.4 Å². The zero-order valence-corrected chi connectivity index (χ0v) is 14.3. The standard InChI is InChI=1S/C16H18ClFN4O3/c17-12-1-2-14(18)13(9-12)16-19-15(20-25-16)10-22-5-3-21(4-6-22)7-8-24-11-23/h1-2,9,11H,3-8,10H2. The van der Waals surface area contributed by atoms with Crippen molar-refractivity contribution in [1.29, 1.82) is 0 Å². The molecular weight excluding hydrogens is 351 g/mol. The largest absolute Gasteiger partial charge is 0.467 e. The molecule has 3 rings (SSSR count). The first kappa shape index (κ1) is 17.8. The summed E-state index contributed by atoms with van der Waals surface area (Å²) in [6.07, 6.45) is 0. The molecular formula is C16H18ClFN4O3. The minimum atomic E-state index is -0.453. The van der Waals surface area contributed by atoms with Crippen LogP contribution in [0.4, 0.5) is 4.39 Å². The molecule has 1 fully saturated rings. The third-order valence-corrected chi connectivity index (χ3v) is 4.29. The molecule has 2 heterocycles. The number of halogens is 2. The normalized spacial score (nSPS) is 16.1. The van der Waals surface area contributed by atoms with E-state index in [0.717, 1.165) is 32.7 Å². The molecule has 25 heavy (non-hydrogen) atoms. The van der Waals surface area contributed by atoms with Gasteiger partial charge in [0.25, 0.3) is 12.4 Å².